The summed E-state index contributed by atoms with van der Waals surface area (Å²) in [4.78, 5) is 25.4. The van der Waals surface area contributed by atoms with Gasteiger partial charge in [-0.05, 0) is 25.2 Å². The molecule has 1 fully saturated rings. The van der Waals surface area contributed by atoms with Crippen LogP contribution in [0.3, 0.4) is 0 Å². The second kappa shape index (κ2) is 5.92. The molecule has 1 aromatic rings. The SMILES string of the molecule is CSC1(C(N)=S)CCN(C(=O)c2ccc(=O)[nH]n2)CC1. The number of carbonyl (C=O) groups is 1. The van der Waals surface area contributed by atoms with Gasteiger partial charge in [-0.15, -0.1) is 0 Å². The maximum atomic E-state index is 12.3. The van der Waals surface area contributed by atoms with Crippen LogP contribution in [0, 0.1) is 0 Å². The van der Waals surface area contributed by atoms with Crippen molar-refractivity contribution in [1.29, 1.82) is 0 Å². The Morgan fingerprint density at radius 1 is 1.50 bits per heavy atom. The smallest absolute Gasteiger partial charge is 0.274 e. The van der Waals surface area contributed by atoms with Crippen molar-refractivity contribution in [2.45, 2.75) is 17.6 Å². The van der Waals surface area contributed by atoms with E-state index in [1.54, 1.807) is 16.7 Å². The number of nitrogens with two attached hydrogens (primary N) is 1. The molecule has 3 N–H and O–H groups in total. The predicted molar refractivity (Wildman–Crippen MR) is 83.0 cm³/mol. The highest BCUT2D eigenvalue weighted by Crippen LogP contribution is 2.35. The summed E-state index contributed by atoms with van der Waals surface area (Å²) in [7, 11) is 0. The van der Waals surface area contributed by atoms with E-state index >= 15 is 0 Å². The van der Waals surface area contributed by atoms with E-state index in [0.717, 1.165) is 12.8 Å². The lowest BCUT2D eigenvalue weighted by Crippen LogP contribution is -2.50. The average molecular weight is 312 g/mol. The quantitative estimate of drug-likeness (QED) is 0.785. The molecule has 0 unspecified atom stereocenters. The van der Waals surface area contributed by atoms with E-state index < -0.39 is 0 Å². The molecular formula is C12H16N4O2S2. The van der Waals surface area contributed by atoms with Crippen LogP contribution in [-0.4, -0.2) is 50.1 Å². The molecule has 2 heterocycles. The summed E-state index contributed by atoms with van der Waals surface area (Å²) in [6.45, 7) is 1.16. The summed E-state index contributed by atoms with van der Waals surface area (Å²) in [6.07, 6.45) is 3.46. The molecule has 1 amide bonds. The number of nitrogens with one attached hydrogen (secondary N) is 1. The minimum absolute atomic E-state index is 0.182. The Balaban J connectivity index is 2.07. The van der Waals surface area contributed by atoms with Gasteiger partial charge in [-0.1, -0.05) is 12.2 Å². The molecule has 0 atom stereocenters. The maximum absolute atomic E-state index is 12.3. The van der Waals surface area contributed by atoms with E-state index in [1.807, 2.05) is 6.26 Å². The molecule has 0 aliphatic carbocycles. The van der Waals surface area contributed by atoms with Gasteiger partial charge in [-0.25, -0.2) is 5.10 Å². The molecule has 0 radical (unpaired) electrons. The zero-order chi connectivity index (χ0) is 14.8. The number of aromatic amines is 1. The highest BCUT2D eigenvalue weighted by molar-refractivity contribution is 8.02. The first-order valence-electron chi connectivity index (χ1n) is 6.18. The number of nitrogens with zero attached hydrogens (tertiary/aromatic N) is 2. The van der Waals surface area contributed by atoms with Gasteiger partial charge in [0.15, 0.2) is 0 Å². The van der Waals surface area contributed by atoms with Crippen LogP contribution >= 0.6 is 24.0 Å². The van der Waals surface area contributed by atoms with E-state index in [2.05, 4.69) is 10.2 Å². The molecule has 1 aromatic heterocycles. The fourth-order valence-electron chi connectivity index (χ4n) is 2.25. The minimum Gasteiger partial charge on any atom is -0.392 e. The van der Waals surface area contributed by atoms with Gasteiger partial charge >= 0.3 is 0 Å². The first-order chi connectivity index (χ1) is 9.48. The predicted octanol–water partition coefficient (Wildman–Crippen LogP) is 0.394. The van der Waals surface area contributed by atoms with Gasteiger partial charge in [0, 0.05) is 19.2 Å². The average Bonchev–Trinajstić information content (AvgIpc) is 2.47. The van der Waals surface area contributed by atoms with Gasteiger partial charge in [0.1, 0.15) is 5.69 Å². The summed E-state index contributed by atoms with van der Waals surface area (Å²) >= 11 is 6.79. The zero-order valence-electron chi connectivity index (χ0n) is 11.1. The van der Waals surface area contributed by atoms with Gasteiger partial charge in [0.05, 0.1) is 9.74 Å². The standard InChI is InChI=1S/C12H16N4O2S2/c1-20-12(11(13)19)4-6-16(7-5-12)10(18)8-2-3-9(17)15-14-8/h2-3H,4-7H2,1H3,(H2,13,19)(H,15,17). The number of rotatable bonds is 3. The summed E-state index contributed by atoms with van der Waals surface area (Å²) < 4.78 is -0.218. The van der Waals surface area contributed by atoms with E-state index in [1.165, 1.54) is 12.1 Å². The number of H-pyrrole nitrogens is 1. The molecule has 2 rings (SSSR count). The van der Waals surface area contributed by atoms with Crippen molar-refractivity contribution in [2.75, 3.05) is 19.3 Å². The van der Waals surface area contributed by atoms with Crippen molar-refractivity contribution >= 4 is 34.9 Å². The maximum Gasteiger partial charge on any atom is 0.274 e. The Morgan fingerprint density at radius 2 is 2.15 bits per heavy atom. The van der Waals surface area contributed by atoms with Crippen LogP contribution in [0.4, 0.5) is 0 Å². The summed E-state index contributed by atoms with van der Waals surface area (Å²) in [6, 6.07) is 2.73. The van der Waals surface area contributed by atoms with Crippen molar-refractivity contribution in [1.82, 2.24) is 15.1 Å². The fraction of sp³-hybridized carbons (Fsp3) is 0.500. The zero-order valence-corrected chi connectivity index (χ0v) is 12.7. The number of piperidine rings is 1. The van der Waals surface area contributed by atoms with Gasteiger partial charge in [-0.3, -0.25) is 9.59 Å². The van der Waals surface area contributed by atoms with Crippen molar-refractivity contribution in [3.63, 3.8) is 0 Å². The number of aromatic nitrogens is 2. The van der Waals surface area contributed by atoms with Crippen molar-refractivity contribution < 1.29 is 4.79 Å². The van der Waals surface area contributed by atoms with Gasteiger partial charge in [0.25, 0.3) is 11.5 Å². The number of hydrogen-bond donors (Lipinski definition) is 2. The molecule has 1 aliphatic heterocycles. The van der Waals surface area contributed by atoms with E-state index in [0.29, 0.717) is 18.1 Å². The Labute approximate surface area is 126 Å². The van der Waals surface area contributed by atoms with Crippen molar-refractivity contribution in [3.8, 4) is 0 Å². The van der Waals surface area contributed by atoms with Crippen molar-refractivity contribution in [2.24, 2.45) is 5.73 Å². The second-order valence-electron chi connectivity index (χ2n) is 4.66. The number of carbonyl (C=O) groups excluding carboxylic acids is 1. The highest BCUT2D eigenvalue weighted by Gasteiger charge is 2.38. The second-order valence-corrected chi connectivity index (χ2v) is 6.29. The Hall–Kier alpha value is -1.41. The molecule has 6 nitrogen and oxygen atoms in total. The van der Waals surface area contributed by atoms with Crippen LogP contribution in [0.25, 0.3) is 0 Å². The Morgan fingerprint density at radius 3 is 2.60 bits per heavy atom. The van der Waals surface area contributed by atoms with Gasteiger partial charge in [0.2, 0.25) is 0 Å². The van der Waals surface area contributed by atoms with Crippen LogP contribution in [0.1, 0.15) is 23.3 Å². The third kappa shape index (κ3) is 2.85. The number of likely N-dealkylation sites (tertiary alicyclic amines) is 1. The Kier molecular flexibility index (Phi) is 4.44. The highest BCUT2D eigenvalue weighted by atomic mass is 32.2. The van der Waals surface area contributed by atoms with E-state index in [9.17, 15) is 9.59 Å². The fourth-order valence-corrected chi connectivity index (χ4v) is 3.49. The summed E-state index contributed by atoms with van der Waals surface area (Å²) in [5, 5.41) is 6.03. The molecule has 1 saturated heterocycles. The molecule has 0 bridgehead atoms. The molecule has 0 spiro atoms. The first kappa shape index (κ1) is 15.0. The number of thiocarbonyl (C=S) groups is 1. The van der Waals surface area contributed by atoms with Crippen molar-refractivity contribution in [3.05, 3.63) is 28.2 Å². The first-order valence-corrected chi connectivity index (χ1v) is 7.82. The lowest BCUT2D eigenvalue weighted by atomic mass is 9.95. The number of hydrogen-bond acceptors (Lipinski definition) is 5. The molecule has 0 saturated carbocycles. The van der Waals surface area contributed by atoms with Gasteiger partial charge < -0.3 is 10.6 Å². The lowest BCUT2D eigenvalue weighted by Gasteiger charge is -2.39. The molecular weight excluding hydrogens is 296 g/mol. The summed E-state index contributed by atoms with van der Waals surface area (Å²) in [5.74, 6) is -0.182. The Bertz CT molecular complexity index is 559. The van der Waals surface area contributed by atoms with Crippen LogP contribution in [0.2, 0.25) is 0 Å². The number of thioether (sulfide) groups is 1. The normalized spacial score (nSPS) is 17.8. The van der Waals surface area contributed by atoms with E-state index in [4.69, 9.17) is 18.0 Å². The molecule has 0 aromatic carbocycles. The lowest BCUT2D eigenvalue weighted by molar-refractivity contribution is 0.0711. The molecule has 8 heteroatoms. The molecule has 108 valence electrons. The van der Waals surface area contributed by atoms with Crippen LogP contribution < -0.4 is 11.3 Å². The van der Waals surface area contributed by atoms with E-state index in [-0.39, 0.29) is 21.9 Å². The molecule has 1 aliphatic rings. The number of amides is 1. The van der Waals surface area contributed by atoms with Crippen LogP contribution in [0.5, 0.6) is 0 Å². The van der Waals surface area contributed by atoms with Gasteiger partial charge in [-0.2, -0.15) is 16.9 Å². The monoisotopic (exact) mass is 312 g/mol. The summed E-state index contributed by atoms with van der Waals surface area (Å²) in [5.41, 5.74) is 5.74. The molecule has 20 heavy (non-hydrogen) atoms. The third-order valence-electron chi connectivity index (χ3n) is 3.60. The van der Waals surface area contributed by atoms with Crippen LogP contribution in [-0.2, 0) is 0 Å². The topological polar surface area (TPSA) is 92.1 Å². The van der Waals surface area contributed by atoms with Crippen LogP contribution in [0.15, 0.2) is 16.9 Å². The third-order valence-corrected chi connectivity index (χ3v) is 5.53. The largest absolute Gasteiger partial charge is 0.392 e. The minimum atomic E-state index is -0.324.